The first kappa shape index (κ1) is 42.1. The van der Waals surface area contributed by atoms with Crippen LogP contribution < -0.4 is 40.4 Å². The number of nitrogens with one attached hydrogen (secondary N) is 3. The zero-order valence-electron chi connectivity index (χ0n) is 35.4. The van der Waals surface area contributed by atoms with Gasteiger partial charge in [0.15, 0.2) is 5.82 Å². The Hall–Kier alpha value is -5.62. The number of aromatic nitrogens is 2. The molecule has 1 spiro atoms. The van der Waals surface area contributed by atoms with E-state index in [1.807, 2.05) is 17.0 Å². The van der Waals surface area contributed by atoms with Gasteiger partial charge in [-0.1, -0.05) is 0 Å². The van der Waals surface area contributed by atoms with Crippen LogP contribution in [0.2, 0.25) is 0 Å². The van der Waals surface area contributed by atoms with E-state index in [0.717, 1.165) is 75.5 Å². The fraction of sp³-hybridized carbons (Fsp3) is 0.535. The third-order valence-electron chi connectivity index (χ3n) is 13.1. The number of likely N-dealkylation sites (tertiary alicyclic amines) is 1. The molecule has 326 valence electrons. The fourth-order valence-corrected chi connectivity index (χ4v) is 9.38. The van der Waals surface area contributed by atoms with E-state index < -0.39 is 18.4 Å². The minimum Gasteiger partial charge on any atom is -0.495 e. The third-order valence-corrected chi connectivity index (χ3v) is 13.1. The number of imide groups is 1. The maximum Gasteiger partial charge on any atom is 0.342 e. The number of carbonyl (C=O) groups excluding carboxylic acids is 4. The number of piperidine rings is 3. The molecule has 1 atom stereocenters. The van der Waals surface area contributed by atoms with Gasteiger partial charge in [0.05, 0.1) is 25.5 Å². The van der Waals surface area contributed by atoms with E-state index in [-0.39, 0.29) is 47.3 Å². The highest BCUT2D eigenvalue weighted by Gasteiger charge is 2.49. The predicted molar refractivity (Wildman–Crippen MR) is 228 cm³/mol. The molecule has 1 unspecified atom stereocenters. The molecule has 0 bridgehead atoms. The van der Waals surface area contributed by atoms with Gasteiger partial charge in [0.25, 0.3) is 11.8 Å². The molecule has 2 aromatic carbocycles. The molecule has 5 aliphatic rings. The maximum atomic E-state index is 14.8. The van der Waals surface area contributed by atoms with Gasteiger partial charge >= 0.3 is 5.92 Å². The summed E-state index contributed by atoms with van der Waals surface area (Å²) in [6, 6.07) is 13.1. The first-order valence-corrected chi connectivity index (χ1v) is 21.1. The maximum absolute atomic E-state index is 14.8. The summed E-state index contributed by atoms with van der Waals surface area (Å²) >= 11 is 0. The molecule has 8 rings (SSSR count). The molecule has 4 amide bonds. The average molecular weight is 844 g/mol. The number of amides is 4. The summed E-state index contributed by atoms with van der Waals surface area (Å²) in [6.07, 6.45) is 6.44. The van der Waals surface area contributed by atoms with Gasteiger partial charge in [-0.3, -0.25) is 34.8 Å². The number of nitrogens with zero attached hydrogens (tertiary/aromatic N) is 8. The molecule has 0 radical (unpaired) electrons. The lowest BCUT2D eigenvalue weighted by atomic mass is 9.71. The number of anilines is 6. The number of methoxy groups -OCH3 is 1. The van der Waals surface area contributed by atoms with E-state index in [2.05, 4.69) is 60.1 Å². The van der Waals surface area contributed by atoms with Gasteiger partial charge in [-0.15, -0.1) is 0 Å². The molecule has 16 nitrogen and oxygen atoms in total. The molecule has 3 N–H and O–H groups in total. The Morgan fingerprint density at radius 2 is 1.69 bits per heavy atom. The highest BCUT2D eigenvalue weighted by molar-refractivity contribution is 6.02. The first-order valence-electron chi connectivity index (χ1n) is 21.1. The fourth-order valence-electron chi connectivity index (χ4n) is 9.38. The lowest BCUT2D eigenvalue weighted by molar-refractivity contribution is -0.140. The molecular formula is C43H55F2N11O5. The average Bonchev–Trinajstić information content (AvgIpc) is 3.31. The van der Waals surface area contributed by atoms with Crippen LogP contribution in [0.5, 0.6) is 5.75 Å². The molecule has 3 aromatic rings. The second-order valence-corrected chi connectivity index (χ2v) is 17.4. The predicted octanol–water partition coefficient (Wildman–Crippen LogP) is 4.01. The van der Waals surface area contributed by atoms with Crippen LogP contribution in [-0.4, -0.2) is 135 Å². The summed E-state index contributed by atoms with van der Waals surface area (Å²) in [4.78, 5) is 68.0. The number of likely N-dealkylation sites (N-methyl/N-ethyl adjacent to an activating group) is 1. The van der Waals surface area contributed by atoms with Crippen LogP contribution in [0, 0.1) is 5.41 Å². The van der Waals surface area contributed by atoms with Crippen molar-refractivity contribution < 1.29 is 32.7 Å². The molecule has 61 heavy (non-hydrogen) atoms. The topological polar surface area (TPSA) is 159 Å². The zero-order chi connectivity index (χ0) is 43.2. The number of rotatable bonds is 10. The van der Waals surface area contributed by atoms with Crippen molar-refractivity contribution in [3.05, 3.63) is 54.2 Å². The monoisotopic (exact) mass is 843 g/mol. The van der Waals surface area contributed by atoms with Gasteiger partial charge in [-0.05, 0) is 93.8 Å². The Balaban J connectivity index is 0.798. The number of halogens is 2. The van der Waals surface area contributed by atoms with Crippen molar-refractivity contribution in [1.29, 1.82) is 0 Å². The number of hydrogen-bond acceptors (Lipinski definition) is 13. The lowest BCUT2D eigenvalue weighted by Crippen LogP contribution is -2.64. The van der Waals surface area contributed by atoms with Crippen LogP contribution in [0.3, 0.4) is 0 Å². The molecule has 18 heteroatoms. The Labute approximate surface area is 354 Å². The van der Waals surface area contributed by atoms with Crippen LogP contribution >= 0.6 is 0 Å². The van der Waals surface area contributed by atoms with Crippen molar-refractivity contribution >= 4 is 58.1 Å². The van der Waals surface area contributed by atoms with E-state index in [0.29, 0.717) is 41.3 Å². The SMILES string of the molecule is COc1cc(C(=O)NN2CCC(N3CC4(CCN(c5ccc(N(C)C6CCC(=O)NC6=O)cc5)CC4)C3)CC2)ccc1Nc1ncc2c(n1)N(C(C)C)CC(F)(F)C(=O)N2C. The normalized spacial score (nSPS) is 22.1. The van der Waals surface area contributed by atoms with E-state index in [9.17, 15) is 28.0 Å². The van der Waals surface area contributed by atoms with Crippen LogP contribution in [-0.2, 0) is 14.4 Å². The van der Waals surface area contributed by atoms with Gasteiger partial charge in [-0.2, -0.15) is 13.8 Å². The van der Waals surface area contributed by atoms with Crippen molar-refractivity contribution in [1.82, 2.24) is 30.6 Å². The standard InChI is InChI=1S/C43H55F2N11O5/c1-27(2)56-26-43(44,45)40(60)52(4)34-23-46-41(49-37(34)56)47-32-11-6-28(22-35(32)61-5)38(58)50-55-18-14-31(15-19-55)54-24-42(25-54)16-20-53(21-17-42)30-9-7-29(8-10-30)51(3)33-12-13-36(57)48-39(33)59/h6-11,22-23,27,31,33H,12-21,24-26H2,1-5H3,(H,50,58)(H,46,47,49)(H,48,57,59). The number of alkyl halides is 2. The highest BCUT2D eigenvalue weighted by Crippen LogP contribution is 2.44. The second-order valence-electron chi connectivity index (χ2n) is 17.4. The van der Waals surface area contributed by atoms with Gasteiger partial charge in [-0.25, -0.2) is 9.99 Å². The minimum atomic E-state index is -3.60. The van der Waals surface area contributed by atoms with Crippen molar-refractivity contribution in [3.63, 3.8) is 0 Å². The van der Waals surface area contributed by atoms with E-state index >= 15 is 0 Å². The van der Waals surface area contributed by atoms with Crippen molar-refractivity contribution in [2.45, 2.75) is 76.4 Å². The lowest BCUT2D eigenvalue weighted by Gasteiger charge is -2.57. The summed E-state index contributed by atoms with van der Waals surface area (Å²) in [5, 5.41) is 7.52. The summed E-state index contributed by atoms with van der Waals surface area (Å²) in [5.74, 6) is -4.93. The zero-order valence-corrected chi connectivity index (χ0v) is 35.4. The van der Waals surface area contributed by atoms with Gasteiger partial charge in [0.1, 0.15) is 17.5 Å². The van der Waals surface area contributed by atoms with Crippen LogP contribution in [0.25, 0.3) is 0 Å². The molecule has 6 heterocycles. The largest absolute Gasteiger partial charge is 0.495 e. The van der Waals surface area contributed by atoms with Crippen LogP contribution in [0.4, 0.5) is 43.3 Å². The van der Waals surface area contributed by atoms with E-state index in [1.165, 1.54) is 30.9 Å². The van der Waals surface area contributed by atoms with Crippen LogP contribution in [0.1, 0.15) is 62.7 Å². The highest BCUT2D eigenvalue weighted by atomic mass is 19.3. The van der Waals surface area contributed by atoms with E-state index in [4.69, 9.17) is 4.74 Å². The summed E-state index contributed by atoms with van der Waals surface area (Å²) in [7, 11) is 4.68. The third kappa shape index (κ3) is 8.51. The van der Waals surface area contributed by atoms with Crippen molar-refractivity contribution in [2.75, 3.05) is 91.9 Å². The van der Waals surface area contributed by atoms with Gasteiger partial charge in [0, 0.05) is 88.8 Å². The molecule has 1 aromatic heterocycles. The Morgan fingerprint density at radius 3 is 2.34 bits per heavy atom. The number of fused-ring (bicyclic) bond motifs is 1. The molecule has 4 fully saturated rings. The summed E-state index contributed by atoms with van der Waals surface area (Å²) in [6.45, 7) is 8.41. The summed E-state index contributed by atoms with van der Waals surface area (Å²) < 4.78 is 35.1. The summed E-state index contributed by atoms with van der Waals surface area (Å²) in [5.41, 5.74) is 6.62. The van der Waals surface area contributed by atoms with Gasteiger partial charge < -0.3 is 29.7 Å². The van der Waals surface area contributed by atoms with Crippen molar-refractivity contribution in [3.8, 4) is 5.75 Å². The number of hydrazine groups is 1. The molecular weight excluding hydrogens is 789 g/mol. The number of ether oxygens (including phenoxy) is 1. The Kier molecular flexibility index (Phi) is 11.5. The Bertz CT molecular complexity index is 2150. The van der Waals surface area contributed by atoms with Crippen LogP contribution in [0.15, 0.2) is 48.7 Å². The first-order chi connectivity index (χ1) is 29.1. The van der Waals surface area contributed by atoms with Gasteiger partial charge in [0.2, 0.25) is 17.8 Å². The number of carbonyl (C=O) groups is 4. The quantitative estimate of drug-likeness (QED) is 0.252. The molecule has 4 saturated heterocycles. The molecule has 5 aliphatic heterocycles. The second kappa shape index (κ2) is 16.7. The Morgan fingerprint density at radius 1 is 0.984 bits per heavy atom. The van der Waals surface area contributed by atoms with E-state index in [1.54, 1.807) is 32.0 Å². The van der Waals surface area contributed by atoms with Crippen molar-refractivity contribution in [2.24, 2.45) is 5.41 Å². The smallest absolute Gasteiger partial charge is 0.342 e. The number of hydrogen-bond donors (Lipinski definition) is 3. The minimum absolute atomic E-state index is 0.119. The number of benzene rings is 2. The molecule has 0 saturated carbocycles. The molecule has 0 aliphatic carbocycles.